The SMILES string of the molecule is NC(=O)C1[CH]C(Oc2ccc(C(=O)N3CCCC3)cc2)CO1. The lowest BCUT2D eigenvalue weighted by Gasteiger charge is -2.16. The van der Waals surface area contributed by atoms with E-state index >= 15 is 0 Å². The lowest BCUT2D eigenvalue weighted by Crippen LogP contribution is -2.29. The molecule has 1 aromatic carbocycles. The Balaban J connectivity index is 1.57. The van der Waals surface area contributed by atoms with E-state index in [1.54, 1.807) is 30.7 Å². The van der Waals surface area contributed by atoms with Crippen LogP contribution < -0.4 is 10.5 Å². The van der Waals surface area contributed by atoms with Gasteiger partial charge in [0, 0.05) is 25.1 Å². The van der Waals surface area contributed by atoms with E-state index in [2.05, 4.69) is 0 Å². The van der Waals surface area contributed by atoms with Crippen LogP contribution in [0.15, 0.2) is 24.3 Å². The summed E-state index contributed by atoms with van der Waals surface area (Å²) in [6.07, 6.45) is 2.79. The van der Waals surface area contributed by atoms with Gasteiger partial charge in [-0.05, 0) is 37.1 Å². The topological polar surface area (TPSA) is 81.9 Å². The van der Waals surface area contributed by atoms with E-state index in [9.17, 15) is 9.59 Å². The fourth-order valence-corrected chi connectivity index (χ4v) is 2.71. The summed E-state index contributed by atoms with van der Waals surface area (Å²) in [7, 11) is 0. The first-order chi connectivity index (χ1) is 10.6. The molecule has 6 nitrogen and oxygen atoms in total. The van der Waals surface area contributed by atoms with Crippen LogP contribution in [-0.2, 0) is 9.53 Å². The second-order valence-electron chi connectivity index (χ2n) is 5.53. The van der Waals surface area contributed by atoms with Crippen molar-refractivity contribution in [2.45, 2.75) is 25.0 Å². The molecule has 2 amide bonds. The summed E-state index contributed by atoms with van der Waals surface area (Å²) in [6, 6.07) is 7.04. The Kier molecular flexibility index (Phi) is 4.29. The van der Waals surface area contributed by atoms with E-state index in [-0.39, 0.29) is 12.0 Å². The average Bonchev–Trinajstić information content (AvgIpc) is 3.19. The van der Waals surface area contributed by atoms with Crippen LogP contribution in [-0.4, -0.2) is 48.6 Å². The zero-order valence-corrected chi connectivity index (χ0v) is 12.2. The zero-order chi connectivity index (χ0) is 15.5. The van der Waals surface area contributed by atoms with Crippen molar-refractivity contribution in [3.8, 4) is 5.75 Å². The van der Waals surface area contributed by atoms with Crippen molar-refractivity contribution < 1.29 is 19.1 Å². The number of benzene rings is 1. The van der Waals surface area contributed by atoms with Crippen molar-refractivity contribution in [1.82, 2.24) is 4.90 Å². The third-order valence-corrected chi connectivity index (χ3v) is 3.89. The van der Waals surface area contributed by atoms with Gasteiger partial charge in [0.05, 0.1) is 6.61 Å². The molecule has 0 aliphatic carbocycles. The highest BCUT2D eigenvalue weighted by Crippen LogP contribution is 2.21. The van der Waals surface area contributed by atoms with Crippen molar-refractivity contribution in [2.24, 2.45) is 5.73 Å². The van der Waals surface area contributed by atoms with Crippen LogP contribution >= 0.6 is 0 Å². The molecule has 2 atom stereocenters. The Labute approximate surface area is 129 Å². The number of carbonyl (C=O) groups is 2. The first-order valence-electron chi connectivity index (χ1n) is 7.45. The van der Waals surface area contributed by atoms with Crippen LogP contribution in [0, 0.1) is 6.42 Å². The molecule has 0 aromatic heterocycles. The molecule has 2 aliphatic rings. The summed E-state index contributed by atoms with van der Waals surface area (Å²) in [4.78, 5) is 25.1. The molecule has 2 saturated heterocycles. The van der Waals surface area contributed by atoms with Gasteiger partial charge in [0.1, 0.15) is 18.0 Å². The van der Waals surface area contributed by atoms with E-state index in [1.807, 2.05) is 4.90 Å². The predicted octanol–water partition coefficient (Wildman–Crippen LogP) is 0.758. The first kappa shape index (κ1) is 14.8. The molecule has 0 saturated carbocycles. The lowest BCUT2D eigenvalue weighted by atomic mass is 10.2. The van der Waals surface area contributed by atoms with Crippen molar-refractivity contribution in [2.75, 3.05) is 19.7 Å². The molecule has 117 valence electrons. The van der Waals surface area contributed by atoms with E-state index < -0.39 is 12.0 Å². The molecule has 2 fully saturated rings. The monoisotopic (exact) mass is 303 g/mol. The molecule has 1 aromatic rings. The van der Waals surface area contributed by atoms with E-state index in [0.29, 0.717) is 17.9 Å². The maximum Gasteiger partial charge on any atom is 0.253 e. The number of primary amides is 1. The van der Waals surface area contributed by atoms with Crippen LogP contribution in [0.25, 0.3) is 0 Å². The standard InChI is InChI=1S/C16H19N2O4/c17-15(19)14-9-13(10-21-14)22-12-5-3-11(4-6-12)16(20)18-7-1-2-8-18/h3-6,9,13-14H,1-2,7-8,10H2,(H2,17,19). The van der Waals surface area contributed by atoms with Crippen molar-refractivity contribution in [1.29, 1.82) is 0 Å². The summed E-state index contributed by atoms with van der Waals surface area (Å²) in [6.45, 7) is 1.96. The smallest absolute Gasteiger partial charge is 0.253 e. The second-order valence-corrected chi connectivity index (χ2v) is 5.53. The molecule has 6 heteroatoms. The Morgan fingerprint density at radius 3 is 2.45 bits per heavy atom. The minimum absolute atomic E-state index is 0.0635. The number of nitrogens with two attached hydrogens (primary N) is 1. The Morgan fingerprint density at radius 2 is 1.86 bits per heavy atom. The molecule has 2 N–H and O–H groups in total. The number of nitrogens with zero attached hydrogens (tertiary/aromatic N) is 1. The summed E-state index contributed by atoms with van der Waals surface area (Å²) < 4.78 is 10.9. The normalized spacial score (nSPS) is 24.5. The van der Waals surface area contributed by atoms with Gasteiger partial charge in [-0.2, -0.15) is 0 Å². The molecule has 0 spiro atoms. The van der Waals surface area contributed by atoms with Gasteiger partial charge in [-0.3, -0.25) is 9.59 Å². The summed E-state index contributed by atoms with van der Waals surface area (Å²) >= 11 is 0. The second kappa shape index (κ2) is 6.36. The predicted molar refractivity (Wildman–Crippen MR) is 79.2 cm³/mol. The maximum atomic E-state index is 12.2. The quantitative estimate of drug-likeness (QED) is 0.890. The maximum absolute atomic E-state index is 12.2. The third-order valence-electron chi connectivity index (χ3n) is 3.89. The number of amides is 2. The molecule has 2 unspecified atom stereocenters. The molecular formula is C16H19N2O4. The van der Waals surface area contributed by atoms with Crippen molar-refractivity contribution in [3.05, 3.63) is 36.2 Å². The van der Waals surface area contributed by atoms with Gasteiger partial charge in [-0.1, -0.05) is 0 Å². The van der Waals surface area contributed by atoms with Crippen LogP contribution in [0.3, 0.4) is 0 Å². The number of likely N-dealkylation sites (tertiary alicyclic amines) is 1. The average molecular weight is 303 g/mol. The van der Waals surface area contributed by atoms with Gasteiger partial charge in [0.2, 0.25) is 5.91 Å². The van der Waals surface area contributed by atoms with Gasteiger partial charge in [0.15, 0.2) is 0 Å². The number of rotatable bonds is 4. The van der Waals surface area contributed by atoms with Crippen LogP contribution in [0.4, 0.5) is 0 Å². The van der Waals surface area contributed by atoms with Crippen LogP contribution in [0.1, 0.15) is 23.2 Å². The number of hydrogen-bond acceptors (Lipinski definition) is 4. The molecule has 3 rings (SSSR count). The van der Waals surface area contributed by atoms with Crippen molar-refractivity contribution in [3.63, 3.8) is 0 Å². The number of carbonyl (C=O) groups excluding carboxylic acids is 2. The number of ether oxygens (including phenoxy) is 2. The lowest BCUT2D eigenvalue weighted by molar-refractivity contribution is -0.125. The summed E-state index contributed by atoms with van der Waals surface area (Å²) in [5, 5.41) is 0. The summed E-state index contributed by atoms with van der Waals surface area (Å²) in [5.41, 5.74) is 5.84. The fourth-order valence-electron chi connectivity index (χ4n) is 2.71. The highest BCUT2D eigenvalue weighted by Gasteiger charge is 2.31. The van der Waals surface area contributed by atoms with Gasteiger partial charge in [0.25, 0.3) is 5.91 Å². The highest BCUT2D eigenvalue weighted by molar-refractivity contribution is 5.94. The largest absolute Gasteiger partial charge is 0.488 e. The minimum Gasteiger partial charge on any atom is -0.488 e. The van der Waals surface area contributed by atoms with E-state index in [0.717, 1.165) is 25.9 Å². The first-order valence-corrected chi connectivity index (χ1v) is 7.45. The molecule has 22 heavy (non-hydrogen) atoms. The molecule has 1 radical (unpaired) electrons. The van der Waals surface area contributed by atoms with Gasteiger partial charge < -0.3 is 20.1 Å². The number of hydrogen-bond donors (Lipinski definition) is 1. The van der Waals surface area contributed by atoms with E-state index in [1.165, 1.54) is 0 Å². The molecular weight excluding hydrogens is 284 g/mol. The van der Waals surface area contributed by atoms with Gasteiger partial charge >= 0.3 is 0 Å². The Bertz CT molecular complexity index is 552. The third kappa shape index (κ3) is 3.22. The molecule has 0 bridgehead atoms. The molecule has 2 heterocycles. The zero-order valence-electron chi connectivity index (χ0n) is 12.2. The van der Waals surface area contributed by atoms with Gasteiger partial charge in [-0.25, -0.2) is 0 Å². The highest BCUT2D eigenvalue weighted by atomic mass is 16.6. The van der Waals surface area contributed by atoms with Crippen LogP contribution in [0.2, 0.25) is 0 Å². The van der Waals surface area contributed by atoms with Gasteiger partial charge in [-0.15, -0.1) is 0 Å². The van der Waals surface area contributed by atoms with Crippen molar-refractivity contribution >= 4 is 11.8 Å². The minimum atomic E-state index is -0.694. The Morgan fingerprint density at radius 1 is 1.18 bits per heavy atom. The van der Waals surface area contributed by atoms with E-state index in [4.69, 9.17) is 15.2 Å². The molecule has 2 aliphatic heterocycles. The Hall–Kier alpha value is -2.08. The van der Waals surface area contributed by atoms with Crippen LogP contribution in [0.5, 0.6) is 5.75 Å². The summed E-state index contributed by atoms with van der Waals surface area (Å²) in [5.74, 6) is 0.180. The fraction of sp³-hybridized carbons (Fsp3) is 0.438.